The number of aliphatic hydroxyl groups excluding tert-OH is 1. The third kappa shape index (κ3) is 3.19. The van der Waals surface area contributed by atoms with Crippen molar-refractivity contribution in [1.29, 1.82) is 0 Å². The van der Waals surface area contributed by atoms with Crippen LogP contribution in [0.4, 0.5) is 0 Å². The molecule has 4 nitrogen and oxygen atoms in total. The van der Waals surface area contributed by atoms with Crippen LogP contribution in [-0.2, 0) is 6.54 Å². The first kappa shape index (κ1) is 15.9. The van der Waals surface area contributed by atoms with Crippen LogP contribution in [0.5, 0.6) is 11.5 Å². The van der Waals surface area contributed by atoms with Gasteiger partial charge in [0.25, 0.3) is 0 Å². The zero-order valence-corrected chi connectivity index (χ0v) is 14.0. The van der Waals surface area contributed by atoms with E-state index in [9.17, 15) is 5.11 Å². The normalized spacial score (nSPS) is 27.9. The summed E-state index contributed by atoms with van der Waals surface area (Å²) in [5.74, 6) is 2.70. The summed E-state index contributed by atoms with van der Waals surface area (Å²) in [6.07, 6.45) is 1.80. The van der Waals surface area contributed by atoms with Crippen LogP contribution in [0.2, 0.25) is 5.02 Å². The number of methoxy groups -OCH3 is 1. The Bertz CT molecular complexity index is 523. The average Bonchev–Trinajstić information content (AvgIpc) is 2.99. The fourth-order valence-corrected chi connectivity index (χ4v) is 4.07. The zero-order valence-electron chi connectivity index (χ0n) is 13.2. The molecule has 3 rings (SSSR count). The van der Waals surface area contributed by atoms with E-state index < -0.39 is 0 Å². The topological polar surface area (TPSA) is 41.9 Å². The number of ether oxygens (including phenoxy) is 2. The summed E-state index contributed by atoms with van der Waals surface area (Å²) in [7, 11) is 1.63. The third-order valence-electron chi connectivity index (χ3n) is 4.83. The van der Waals surface area contributed by atoms with Crippen molar-refractivity contribution in [3.8, 4) is 11.5 Å². The minimum Gasteiger partial charge on any atom is -0.493 e. The van der Waals surface area contributed by atoms with Gasteiger partial charge in [-0.05, 0) is 43.2 Å². The van der Waals surface area contributed by atoms with Gasteiger partial charge >= 0.3 is 0 Å². The van der Waals surface area contributed by atoms with Crippen LogP contribution >= 0.6 is 11.6 Å². The van der Waals surface area contributed by atoms with E-state index in [0.29, 0.717) is 24.2 Å². The summed E-state index contributed by atoms with van der Waals surface area (Å²) in [4.78, 5) is 2.44. The molecule has 1 heterocycles. The van der Waals surface area contributed by atoms with Crippen LogP contribution in [0.15, 0.2) is 12.1 Å². The molecule has 1 aliphatic heterocycles. The minimum absolute atomic E-state index is 0.0914. The van der Waals surface area contributed by atoms with Gasteiger partial charge in [-0.3, -0.25) is 4.90 Å². The molecule has 122 valence electrons. The van der Waals surface area contributed by atoms with Crippen LogP contribution in [0.3, 0.4) is 0 Å². The number of rotatable bonds is 5. The highest BCUT2D eigenvalue weighted by Gasteiger charge is 2.40. The van der Waals surface area contributed by atoms with Crippen molar-refractivity contribution in [3.05, 3.63) is 22.7 Å². The summed E-state index contributed by atoms with van der Waals surface area (Å²) < 4.78 is 11.0. The predicted molar refractivity (Wildman–Crippen MR) is 86.7 cm³/mol. The molecule has 0 aromatic heterocycles. The number of hydrogen-bond donors (Lipinski definition) is 1. The lowest BCUT2D eigenvalue weighted by molar-refractivity contribution is 0.161. The SMILES string of the molecule is CCOc1cc(CN2C[C@H]3CC(O)C[C@H]3C2)c(Cl)cc1OC. The van der Waals surface area contributed by atoms with Gasteiger partial charge < -0.3 is 14.6 Å². The molecule has 0 amide bonds. The maximum atomic E-state index is 9.74. The Morgan fingerprint density at radius 3 is 2.50 bits per heavy atom. The van der Waals surface area contributed by atoms with Crippen molar-refractivity contribution in [2.45, 2.75) is 32.4 Å². The van der Waals surface area contributed by atoms with E-state index in [2.05, 4.69) is 4.90 Å². The van der Waals surface area contributed by atoms with Crippen molar-refractivity contribution in [3.63, 3.8) is 0 Å². The van der Waals surface area contributed by atoms with Crippen LogP contribution in [0, 0.1) is 11.8 Å². The number of nitrogens with zero attached hydrogens (tertiary/aromatic N) is 1. The Kier molecular flexibility index (Phi) is 4.81. The lowest BCUT2D eigenvalue weighted by atomic mass is 10.0. The molecule has 0 bridgehead atoms. The summed E-state index contributed by atoms with van der Waals surface area (Å²) in [6.45, 7) is 5.48. The highest BCUT2D eigenvalue weighted by Crippen LogP contribution is 2.40. The van der Waals surface area contributed by atoms with Crippen molar-refractivity contribution in [2.75, 3.05) is 26.8 Å². The van der Waals surface area contributed by atoms with Gasteiger partial charge in [-0.1, -0.05) is 11.6 Å². The number of hydrogen-bond acceptors (Lipinski definition) is 4. The molecule has 1 saturated heterocycles. The number of likely N-dealkylation sites (tertiary alicyclic amines) is 1. The van der Waals surface area contributed by atoms with E-state index in [4.69, 9.17) is 21.1 Å². The number of benzene rings is 1. The summed E-state index contributed by atoms with van der Waals surface area (Å²) in [5, 5.41) is 10.5. The number of aliphatic hydroxyl groups is 1. The molecule has 5 heteroatoms. The smallest absolute Gasteiger partial charge is 0.162 e. The third-order valence-corrected chi connectivity index (χ3v) is 5.18. The van der Waals surface area contributed by atoms with Crippen molar-refractivity contribution >= 4 is 11.6 Å². The highest BCUT2D eigenvalue weighted by atomic mass is 35.5. The van der Waals surface area contributed by atoms with Gasteiger partial charge in [0.1, 0.15) is 0 Å². The van der Waals surface area contributed by atoms with Gasteiger partial charge in [0.2, 0.25) is 0 Å². The van der Waals surface area contributed by atoms with E-state index in [1.54, 1.807) is 7.11 Å². The monoisotopic (exact) mass is 325 g/mol. The molecule has 1 unspecified atom stereocenters. The van der Waals surface area contributed by atoms with Crippen LogP contribution < -0.4 is 9.47 Å². The molecule has 1 saturated carbocycles. The molecule has 1 aromatic carbocycles. The number of halogens is 1. The van der Waals surface area contributed by atoms with E-state index in [0.717, 1.165) is 48.8 Å². The molecule has 0 spiro atoms. The van der Waals surface area contributed by atoms with Gasteiger partial charge in [0, 0.05) is 30.7 Å². The minimum atomic E-state index is -0.0914. The lowest BCUT2D eigenvalue weighted by Gasteiger charge is -2.20. The molecular weight excluding hydrogens is 302 g/mol. The Morgan fingerprint density at radius 1 is 1.23 bits per heavy atom. The summed E-state index contributed by atoms with van der Waals surface area (Å²) >= 11 is 6.40. The average molecular weight is 326 g/mol. The molecule has 2 aliphatic rings. The van der Waals surface area contributed by atoms with Gasteiger partial charge in [-0.25, -0.2) is 0 Å². The zero-order chi connectivity index (χ0) is 15.7. The molecule has 1 aromatic rings. The molecule has 0 radical (unpaired) electrons. The first-order chi connectivity index (χ1) is 10.6. The first-order valence-corrected chi connectivity index (χ1v) is 8.38. The molecular formula is C17H24ClNO3. The fourth-order valence-electron chi connectivity index (χ4n) is 3.86. The van der Waals surface area contributed by atoms with E-state index in [1.165, 1.54) is 0 Å². The van der Waals surface area contributed by atoms with Gasteiger partial charge in [-0.2, -0.15) is 0 Å². The second kappa shape index (κ2) is 6.65. The van der Waals surface area contributed by atoms with Gasteiger partial charge in [-0.15, -0.1) is 0 Å². The van der Waals surface area contributed by atoms with E-state index >= 15 is 0 Å². The van der Waals surface area contributed by atoms with Gasteiger partial charge in [0.05, 0.1) is 19.8 Å². The Hall–Kier alpha value is -0.970. The van der Waals surface area contributed by atoms with Crippen LogP contribution in [0.25, 0.3) is 0 Å². The fraction of sp³-hybridized carbons (Fsp3) is 0.647. The van der Waals surface area contributed by atoms with Crippen molar-refractivity contribution < 1.29 is 14.6 Å². The van der Waals surface area contributed by atoms with Crippen molar-refractivity contribution in [1.82, 2.24) is 4.90 Å². The standard InChI is InChI=1S/C17H24ClNO3/c1-3-22-17-6-13(15(18)7-16(17)21-2)10-19-8-11-4-14(20)5-12(11)9-19/h6-7,11-12,14,20H,3-5,8-10H2,1-2H3/t11-,12+,14?. The Morgan fingerprint density at radius 2 is 1.91 bits per heavy atom. The van der Waals surface area contributed by atoms with Crippen molar-refractivity contribution in [2.24, 2.45) is 11.8 Å². The molecule has 1 N–H and O–H groups in total. The lowest BCUT2D eigenvalue weighted by Crippen LogP contribution is -2.22. The molecule has 22 heavy (non-hydrogen) atoms. The predicted octanol–water partition coefficient (Wildman–Crippen LogP) is 2.95. The Balaban J connectivity index is 1.71. The van der Waals surface area contributed by atoms with Crippen LogP contribution in [0.1, 0.15) is 25.3 Å². The quantitative estimate of drug-likeness (QED) is 0.903. The van der Waals surface area contributed by atoms with E-state index in [1.807, 2.05) is 19.1 Å². The molecule has 2 fully saturated rings. The maximum absolute atomic E-state index is 9.74. The maximum Gasteiger partial charge on any atom is 0.162 e. The first-order valence-electron chi connectivity index (χ1n) is 8.00. The van der Waals surface area contributed by atoms with E-state index in [-0.39, 0.29) is 6.10 Å². The highest BCUT2D eigenvalue weighted by molar-refractivity contribution is 6.31. The largest absolute Gasteiger partial charge is 0.493 e. The summed E-state index contributed by atoms with van der Waals surface area (Å²) in [5.41, 5.74) is 1.08. The Labute approximate surface area is 137 Å². The second-order valence-corrected chi connectivity index (χ2v) is 6.77. The molecule has 1 aliphatic carbocycles. The molecule has 3 atom stereocenters. The van der Waals surface area contributed by atoms with Crippen LogP contribution in [-0.4, -0.2) is 42.9 Å². The second-order valence-electron chi connectivity index (χ2n) is 6.37. The van der Waals surface area contributed by atoms with Gasteiger partial charge in [0.15, 0.2) is 11.5 Å². The summed E-state index contributed by atoms with van der Waals surface area (Å²) in [6, 6.07) is 3.83. The number of fused-ring (bicyclic) bond motifs is 1.